The summed E-state index contributed by atoms with van der Waals surface area (Å²) in [7, 11) is 0. The Balaban J connectivity index is 1.99. The van der Waals surface area contributed by atoms with E-state index in [4.69, 9.17) is 5.73 Å². The van der Waals surface area contributed by atoms with Crippen LogP contribution in [0, 0.1) is 0 Å². The summed E-state index contributed by atoms with van der Waals surface area (Å²) in [5, 5.41) is 3.05. The summed E-state index contributed by atoms with van der Waals surface area (Å²) in [6, 6.07) is 8.35. The molecule has 3 nitrogen and oxygen atoms in total. The molecule has 0 radical (unpaired) electrons. The fourth-order valence-corrected chi connectivity index (χ4v) is 3.02. The number of hydrogen-bond donors (Lipinski definition) is 2. The number of carbonyl (C=O) groups excluding carboxylic acids is 1. The van der Waals surface area contributed by atoms with Gasteiger partial charge in [0.25, 0.3) is 0 Å². The average molecular weight is 339 g/mol. The quantitative estimate of drug-likeness (QED) is 0.837. The Morgan fingerprint density at radius 2 is 2.20 bits per heavy atom. The molecule has 2 rings (SSSR count). The minimum Gasteiger partial charge on any atom is -0.354 e. The molecular formula is C16H23BrN2O. The van der Waals surface area contributed by atoms with Crippen molar-refractivity contribution in [3.63, 3.8) is 0 Å². The van der Waals surface area contributed by atoms with E-state index in [1.807, 2.05) is 26.0 Å². The van der Waals surface area contributed by atoms with Gasteiger partial charge in [0.1, 0.15) is 0 Å². The predicted molar refractivity (Wildman–Crippen MR) is 85.6 cm³/mol. The Labute approximate surface area is 129 Å². The van der Waals surface area contributed by atoms with Crippen LogP contribution in [0.3, 0.4) is 0 Å². The first kappa shape index (κ1) is 15.5. The van der Waals surface area contributed by atoms with E-state index in [1.54, 1.807) is 0 Å². The predicted octanol–water partition coefficient (Wildman–Crippen LogP) is 3.11. The number of nitrogens with two attached hydrogens (primary N) is 1. The number of carbonyl (C=O) groups is 1. The summed E-state index contributed by atoms with van der Waals surface area (Å²) in [6.07, 6.45) is 3.87. The van der Waals surface area contributed by atoms with Crippen LogP contribution in [0.4, 0.5) is 0 Å². The Morgan fingerprint density at radius 1 is 1.50 bits per heavy atom. The number of halogens is 1. The molecule has 1 unspecified atom stereocenters. The number of rotatable bonds is 6. The molecule has 20 heavy (non-hydrogen) atoms. The first-order valence-corrected chi connectivity index (χ1v) is 8.02. The number of hydrogen-bond acceptors (Lipinski definition) is 2. The average Bonchev–Trinajstić information content (AvgIpc) is 3.17. The second kappa shape index (κ2) is 5.86. The molecule has 1 aromatic carbocycles. The molecule has 0 spiro atoms. The van der Waals surface area contributed by atoms with Gasteiger partial charge in [-0.2, -0.15) is 0 Å². The van der Waals surface area contributed by atoms with E-state index in [2.05, 4.69) is 33.4 Å². The van der Waals surface area contributed by atoms with E-state index < -0.39 is 5.54 Å². The van der Waals surface area contributed by atoms with Gasteiger partial charge >= 0.3 is 0 Å². The van der Waals surface area contributed by atoms with Crippen LogP contribution in [0.15, 0.2) is 28.7 Å². The van der Waals surface area contributed by atoms with Crippen molar-refractivity contribution in [3.05, 3.63) is 34.3 Å². The van der Waals surface area contributed by atoms with Crippen LogP contribution in [0.5, 0.6) is 0 Å². The van der Waals surface area contributed by atoms with Gasteiger partial charge in [0.2, 0.25) is 5.91 Å². The van der Waals surface area contributed by atoms with Gasteiger partial charge in [-0.25, -0.2) is 0 Å². The van der Waals surface area contributed by atoms with Crippen molar-refractivity contribution < 1.29 is 4.79 Å². The summed E-state index contributed by atoms with van der Waals surface area (Å²) in [6.45, 7) is 4.53. The topological polar surface area (TPSA) is 55.1 Å². The number of nitrogens with one attached hydrogen (secondary N) is 1. The van der Waals surface area contributed by atoms with E-state index in [1.165, 1.54) is 5.56 Å². The van der Waals surface area contributed by atoms with Gasteiger partial charge in [-0.15, -0.1) is 0 Å². The second-order valence-corrected chi connectivity index (χ2v) is 7.06. The molecule has 0 aromatic heterocycles. The van der Waals surface area contributed by atoms with Gasteiger partial charge in [-0.3, -0.25) is 4.79 Å². The van der Waals surface area contributed by atoms with Gasteiger partial charge in [-0.1, -0.05) is 41.4 Å². The molecule has 1 fully saturated rings. The summed E-state index contributed by atoms with van der Waals surface area (Å²) < 4.78 is 1.09. The summed E-state index contributed by atoms with van der Waals surface area (Å²) in [4.78, 5) is 12.2. The smallest absolute Gasteiger partial charge is 0.239 e. The van der Waals surface area contributed by atoms with Crippen molar-refractivity contribution in [2.45, 2.75) is 50.5 Å². The zero-order chi connectivity index (χ0) is 14.8. The van der Waals surface area contributed by atoms with Crippen molar-refractivity contribution in [1.82, 2.24) is 5.32 Å². The summed E-state index contributed by atoms with van der Waals surface area (Å²) >= 11 is 3.51. The maximum Gasteiger partial charge on any atom is 0.239 e. The van der Waals surface area contributed by atoms with Crippen LogP contribution in [-0.4, -0.2) is 18.0 Å². The summed E-state index contributed by atoms with van der Waals surface area (Å²) in [5.74, 6) is -0.0411. The Kier molecular flexibility index (Phi) is 4.55. The molecule has 0 bridgehead atoms. The van der Waals surface area contributed by atoms with E-state index in [9.17, 15) is 4.79 Å². The molecule has 0 saturated heterocycles. The van der Waals surface area contributed by atoms with E-state index in [-0.39, 0.29) is 11.3 Å². The van der Waals surface area contributed by atoms with Gasteiger partial charge in [0, 0.05) is 16.4 Å². The SMILES string of the molecule is CCCC(C)(N)C(=O)NCC1(c2cccc(Br)c2)CC1. The van der Waals surface area contributed by atoms with Crippen molar-refractivity contribution >= 4 is 21.8 Å². The molecular weight excluding hydrogens is 316 g/mol. The third-order valence-electron chi connectivity index (χ3n) is 4.17. The lowest BCUT2D eigenvalue weighted by Gasteiger charge is -2.25. The highest BCUT2D eigenvalue weighted by Gasteiger charge is 2.45. The monoisotopic (exact) mass is 338 g/mol. The van der Waals surface area contributed by atoms with Gasteiger partial charge in [-0.05, 0) is 43.9 Å². The maximum atomic E-state index is 12.2. The first-order valence-electron chi connectivity index (χ1n) is 7.23. The molecule has 1 saturated carbocycles. The molecule has 1 aliphatic carbocycles. The molecule has 1 aromatic rings. The van der Waals surface area contributed by atoms with Gasteiger partial charge < -0.3 is 11.1 Å². The van der Waals surface area contributed by atoms with Crippen molar-refractivity contribution in [2.75, 3.05) is 6.54 Å². The van der Waals surface area contributed by atoms with Crippen molar-refractivity contribution in [1.29, 1.82) is 0 Å². The van der Waals surface area contributed by atoms with E-state index >= 15 is 0 Å². The molecule has 3 N–H and O–H groups in total. The molecule has 0 heterocycles. The second-order valence-electron chi connectivity index (χ2n) is 6.14. The lowest BCUT2D eigenvalue weighted by molar-refractivity contribution is -0.126. The highest BCUT2D eigenvalue weighted by Crippen LogP contribution is 2.48. The third kappa shape index (κ3) is 3.41. The van der Waals surface area contributed by atoms with Crippen LogP contribution in [0.25, 0.3) is 0 Å². The maximum absolute atomic E-state index is 12.2. The van der Waals surface area contributed by atoms with Gasteiger partial charge in [0.05, 0.1) is 5.54 Å². The Morgan fingerprint density at radius 3 is 2.75 bits per heavy atom. The van der Waals surface area contributed by atoms with Crippen molar-refractivity contribution in [2.24, 2.45) is 5.73 Å². The van der Waals surface area contributed by atoms with Crippen LogP contribution >= 0.6 is 15.9 Å². The summed E-state index contributed by atoms with van der Waals surface area (Å²) in [5.41, 5.74) is 6.71. The first-order chi connectivity index (χ1) is 9.39. The van der Waals surface area contributed by atoms with E-state index in [0.717, 1.165) is 23.7 Å². The van der Waals surface area contributed by atoms with Crippen molar-refractivity contribution in [3.8, 4) is 0 Å². The van der Waals surface area contributed by atoms with E-state index in [0.29, 0.717) is 13.0 Å². The lowest BCUT2D eigenvalue weighted by Crippen LogP contribution is -2.52. The zero-order valence-electron chi connectivity index (χ0n) is 12.2. The minimum atomic E-state index is -0.762. The molecule has 1 amide bonds. The fraction of sp³-hybridized carbons (Fsp3) is 0.562. The highest BCUT2D eigenvalue weighted by atomic mass is 79.9. The van der Waals surface area contributed by atoms with Crippen LogP contribution in [-0.2, 0) is 10.2 Å². The highest BCUT2D eigenvalue weighted by molar-refractivity contribution is 9.10. The van der Waals surface area contributed by atoms with Gasteiger partial charge in [0.15, 0.2) is 0 Å². The fourth-order valence-electron chi connectivity index (χ4n) is 2.62. The third-order valence-corrected chi connectivity index (χ3v) is 4.66. The Hall–Kier alpha value is -0.870. The number of benzene rings is 1. The molecule has 110 valence electrons. The number of amides is 1. The molecule has 1 aliphatic rings. The normalized spacial score (nSPS) is 19.2. The Bertz CT molecular complexity index is 495. The largest absolute Gasteiger partial charge is 0.354 e. The zero-order valence-corrected chi connectivity index (χ0v) is 13.8. The molecule has 1 atom stereocenters. The molecule has 4 heteroatoms. The van der Waals surface area contributed by atoms with Crippen LogP contribution in [0.2, 0.25) is 0 Å². The lowest BCUT2D eigenvalue weighted by atomic mass is 9.93. The van der Waals surface area contributed by atoms with Crippen LogP contribution in [0.1, 0.15) is 45.1 Å². The molecule has 0 aliphatic heterocycles. The standard InChI is InChI=1S/C16H23BrN2O/c1-3-7-15(2,18)14(20)19-11-16(8-9-16)12-5-4-6-13(17)10-12/h4-6,10H,3,7-9,11,18H2,1-2H3,(H,19,20). The van der Waals surface area contributed by atoms with Crippen LogP contribution < -0.4 is 11.1 Å². The minimum absolute atomic E-state index is 0.0411.